The normalized spacial score (nSPS) is 10.9. The summed E-state index contributed by atoms with van der Waals surface area (Å²) in [5.74, 6) is 0.757. The molecule has 0 amide bonds. The second-order valence-electron chi connectivity index (χ2n) is 7.16. The average molecular weight is 424 g/mol. The van der Waals surface area contributed by atoms with Gasteiger partial charge in [0.25, 0.3) is 0 Å². The molecule has 0 spiro atoms. The van der Waals surface area contributed by atoms with Gasteiger partial charge in [-0.15, -0.1) is 0 Å². The van der Waals surface area contributed by atoms with Gasteiger partial charge in [0.05, 0.1) is 15.9 Å². The zero-order valence-electron chi connectivity index (χ0n) is 17.0. The molecule has 0 aliphatic carbocycles. The van der Waals surface area contributed by atoms with E-state index in [9.17, 15) is 0 Å². The predicted octanol–water partition coefficient (Wildman–Crippen LogP) is 6.80. The molecule has 6 heteroatoms. The van der Waals surface area contributed by atoms with Gasteiger partial charge in [0.15, 0.2) is 5.13 Å². The molecule has 0 saturated carbocycles. The van der Waals surface area contributed by atoms with Gasteiger partial charge >= 0.3 is 0 Å². The summed E-state index contributed by atoms with van der Waals surface area (Å²) in [6, 6.07) is 26.6. The largest absolute Gasteiger partial charge is 0.340 e. The average Bonchev–Trinajstić information content (AvgIpc) is 3.22. The SMILES string of the molecule is CCc1ccc2nc(Nc3ccc(Nc4cc(-c5ccccc5)ncn4)cc3)sc2c1. The van der Waals surface area contributed by atoms with E-state index < -0.39 is 0 Å². The third kappa shape index (κ3) is 4.39. The molecule has 0 radical (unpaired) electrons. The standard InChI is InChI=1S/C25H21N5S/c1-2-17-8-13-21-23(14-17)31-25(30-21)29-20-11-9-19(10-12-20)28-24-15-22(26-16-27-24)18-6-4-3-5-7-18/h3-16H,2H2,1H3,(H,29,30)(H,26,27,28). The minimum absolute atomic E-state index is 0.757. The maximum absolute atomic E-state index is 4.69. The van der Waals surface area contributed by atoms with Gasteiger partial charge in [-0.25, -0.2) is 15.0 Å². The minimum atomic E-state index is 0.757. The highest BCUT2D eigenvalue weighted by Gasteiger charge is 2.06. The Hall–Kier alpha value is -3.77. The highest BCUT2D eigenvalue weighted by molar-refractivity contribution is 7.22. The Kier molecular flexibility index (Phi) is 5.29. The van der Waals surface area contributed by atoms with E-state index in [1.165, 1.54) is 10.3 Å². The lowest BCUT2D eigenvalue weighted by molar-refractivity contribution is 1.15. The fourth-order valence-corrected chi connectivity index (χ4v) is 4.29. The van der Waals surface area contributed by atoms with Crippen LogP contribution in [0.25, 0.3) is 21.5 Å². The molecule has 31 heavy (non-hydrogen) atoms. The first kappa shape index (κ1) is 19.2. The van der Waals surface area contributed by atoms with Crippen LogP contribution in [0.15, 0.2) is 85.2 Å². The lowest BCUT2D eigenvalue weighted by Crippen LogP contribution is -1.96. The molecule has 3 aromatic carbocycles. The van der Waals surface area contributed by atoms with Gasteiger partial charge in [-0.3, -0.25) is 0 Å². The van der Waals surface area contributed by atoms with Gasteiger partial charge in [-0.2, -0.15) is 0 Å². The number of aryl methyl sites for hydroxylation is 1. The molecule has 2 aromatic heterocycles. The van der Waals surface area contributed by atoms with Crippen molar-refractivity contribution in [1.29, 1.82) is 0 Å². The molecule has 5 nitrogen and oxygen atoms in total. The van der Waals surface area contributed by atoms with Crippen molar-refractivity contribution in [3.63, 3.8) is 0 Å². The van der Waals surface area contributed by atoms with E-state index in [0.717, 1.165) is 45.5 Å². The maximum Gasteiger partial charge on any atom is 0.188 e. The zero-order chi connectivity index (χ0) is 21.0. The summed E-state index contributed by atoms with van der Waals surface area (Å²) in [5.41, 5.74) is 6.26. The molecule has 0 aliphatic heterocycles. The van der Waals surface area contributed by atoms with E-state index in [2.05, 4.69) is 50.7 Å². The van der Waals surface area contributed by atoms with Crippen molar-refractivity contribution < 1.29 is 0 Å². The molecule has 5 rings (SSSR count). The Bertz CT molecular complexity index is 1310. The van der Waals surface area contributed by atoms with E-state index in [0.29, 0.717) is 0 Å². The summed E-state index contributed by atoms with van der Waals surface area (Å²) < 4.78 is 1.21. The summed E-state index contributed by atoms with van der Waals surface area (Å²) in [5, 5.41) is 7.65. The zero-order valence-corrected chi connectivity index (χ0v) is 17.9. The van der Waals surface area contributed by atoms with Crippen molar-refractivity contribution in [3.05, 3.63) is 90.8 Å². The van der Waals surface area contributed by atoms with Crippen molar-refractivity contribution in [2.75, 3.05) is 10.6 Å². The third-order valence-corrected chi connectivity index (χ3v) is 5.94. The first-order valence-electron chi connectivity index (χ1n) is 10.2. The van der Waals surface area contributed by atoms with Crippen LogP contribution in [-0.2, 0) is 6.42 Å². The van der Waals surface area contributed by atoms with Crippen LogP contribution >= 0.6 is 11.3 Å². The molecular formula is C25H21N5S. The van der Waals surface area contributed by atoms with Crippen LogP contribution in [0.4, 0.5) is 22.3 Å². The van der Waals surface area contributed by atoms with Crippen LogP contribution < -0.4 is 10.6 Å². The summed E-state index contributed by atoms with van der Waals surface area (Å²) in [7, 11) is 0. The first-order chi connectivity index (χ1) is 15.3. The Labute approximate surface area is 184 Å². The highest BCUT2D eigenvalue weighted by atomic mass is 32.1. The maximum atomic E-state index is 4.69. The number of anilines is 4. The molecule has 152 valence electrons. The monoisotopic (exact) mass is 423 g/mol. The number of hydrogen-bond acceptors (Lipinski definition) is 6. The summed E-state index contributed by atoms with van der Waals surface area (Å²) in [4.78, 5) is 13.4. The molecule has 5 aromatic rings. The number of nitrogens with one attached hydrogen (secondary N) is 2. The quantitative estimate of drug-likeness (QED) is 0.314. The number of rotatable bonds is 6. The number of nitrogens with zero attached hydrogens (tertiary/aromatic N) is 3. The van der Waals surface area contributed by atoms with Crippen LogP contribution in [0.2, 0.25) is 0 Å². The van der Waals surface area contributed by atoms with E-state index in [-0.39, 0.29) is 0 Å². The molecule has 0 bridgehead atoms. The minimum Gasteiger partial charge on any atom is -0.340 e. The van der Waals surface area contributed by atoms with Crippen LogP contribution in [0.1, 0.15) is 12.5 Å². The van der Waals surface area contributed by atoms with Crippen LogP contribution in [0.3, 0.4) is 0 Å². The van der Waals surface area contributed by atoms with Gasteiger partial charge < -0.3 is 10.6 Å². The Morgan fingerprint density at radius 2 is 1.58 bits per heavy atom. The fraction of sp³-hybridized carbons (Fsp3) is 0.0800. The number of hydrogen-bond donors (Lipinski definition) is 2. The second kappa shape index (κ2) is 8.53. The topological polar surface area (TPSA) is 62.7 Å². The number of thiazole rings is 1. The Balaban J connectivity index is 1.29. The van der Waals surface area contributed by atoms with Crippen LogP contribution in [0, 0.1) is 0 Å². The van der Waals surface area contributed by atoms with Crippen molar-refractivity contribution in [1.82, 2.24) is 15.0 Å². The van der Waals surface area contributed by atoms with E-state index in [4.69, 9.17) is 0 Å². The van der Waals surface area contributed by atoms with Gasteiger partial charge in [0.1, 0.15) is 12.1 Å². The molecular weight excluding hydrogens is 402 g/mol. The van der Waals surface area contributed by atoms with E-state index in [1.54, 1.807) is 17.7 Å². The molecule has 2 N–H and O–H groups in total. The van der Waals surface area contributed by atoms with Crippen LogP contribution in [-0.4, -0.2) is 15.0 Å². The predicted molar refractivity (Wildman–Crippen MR) is 129 cm³/mol. The van der Waals surface area contributed by atoms with Gasteiger partial charge in [0.2, 0.25) is 0 Å². The third-order valence-electron chi connectivity index (χ3n) is 5.01. The van der Waals surface area contributed by atoms with Crippen molar-refractivity contribution in [2.45, 2.75) is 13.3 Å². The lowest BCUT2D eigenvalue weighted by atomic mass is 10.1. The van der Waals surface area contributed by atoms with Crippen molar-refractivity contribution in [2.24, 2.45) is 0 Å². The number of fused-ring (bicyclic) bond motifs is 1. The van der Waals surface area contributed by atoms with E-state index >= 15 is 0 Å². The summed E-state index contributed by atoms with van der Waals surface area (Å²) in [6.07, 6.45) is 2.61. The lowest BCUT2D eigenvalue weighted by Gasteiger charge is -2.08. The van der Waals surface area contributed by atoms with E-state index in [1.807, 2.05) is 60.7 Å². The van der Waals surface area contributed by atoms with Gasteiger partial charge in [-0.05, 0) is 48.4 Å². The molecule has 0 unspecified atom stereocenters. The van der Waals surface area contributed by atoms with Gasteiger partial charge in [-0.1, -0.05) is 54.7 Å². The van der Waals surface area contributed by atoms with Crippen molar-refractivity contribution in [3.8, 4) is 11.3 Å². The number of aromatic nitrogens is 3. The summed E-state index contributed by atoms with van der Waals surface area (Å²) >= 11 is 1.67. The second-order valence-corrected chi connectivity index (χ2v) is 8.19. The van der Waals surface area contributed by atoms with Gasteiger partial charge in [0, 0.05) is 23.0 Å². The molecule has 0 atom stereocenters. The molecule has 2 heterocycles. The molecule has 0 saturated heterocycles. The first-order valence-corrected chi connectivity index (χ1v) is 11.0. The molecule has 0 fully saturated rings. The number of benzene rings is 3. The highest BCUT2D eigenvalue weighted by Crippen LogP contribution is 2.30. The summed E-state index contributed by atoms with van der Waals surface area (Å²) in [6.45, 7) is 2.17. The van der Waals surface area contributed by atoms with Crippen LogP contribution in [0.5, 0.6) is 0 Å². The Morgan fingerprint density at radius 1 is 0.806 bits per heavy atom. The fourth-order valence-electron chi connectivity index (χ4n) is 3.34. The Morgan fingerprint density at radius 3 is 2.35 bits per heavy atom. The molecule has 0 aliphatic rings. The smallest absolute Gasteiger partial charge is 0.188 e. The van der Waals surface area contributed by atoms with Crippen molar-refractivity contribution >= 4 is 43.9 Å².